The molecule has 5 heteroatoms. The summed E-state index contributed by atoms with van der Waals surface area (Å²) in [6, 6.07) is 0.550. The molecule has 1 aliphatic rings. The number of likely N-dealkylation sites (N-methyl/N-ethyl adjacent to an activating group) is 1. The van der Waals surface area contributed by atoms with Gasteiger partial charge in [0.15, 0.2) is 0 Å². The summed E-state index contributed by atoms with van der Waals surface area (Å²) in [5.74, 6) is -0.314. The largest absolute Gasteiger partial charge is 0.466 e. The van der Waals surface area contributed by atoms with Gasteiger partial charge in [0.25, 0.3) is 0 Å². The van der Waals surface area contributed by atoms with Gasteiger partial charge in [0, 0.05) is 19.1 Å². The third-order valence-corrected chi connectivity index (χ3v) is 3.39. The van der Waals surface area contributed by atoms with Crippen LogP contribution < -0.4 is 0 Å². The van der Waals surface area contributed by atoms with Crippen LogP contribution >= 0.6 is 0 Å². The minimum Gasteiger partial charge on any atom is -0.466 e. The first-order chi connectivity index (χ1) is 8.52. The van der Waals surface area contributed by atoms with E-state index in [1.165, 1.54) is 6.42 Å². The summed E-state index contributed by atoms with van der Waals surface area (Å²) in [6.07, 6.45) is 1.83. The van der Waals surface area contributed by atoms with Crippen molar-refractivity contribution in [1.29, 1.82) is 0 Å². The Labute approximate surface area is 110 Å². The third kappa shape index (κ3) is 5.33. The Morgan fingerprint density at radius 3 is 2.89 bits per heavy atom. The summed E-state index contributed by atoms with van der Waals surface area (Å²) in [4.78, 5) is 15.7. The Morgan fingerprint density at radius 2 is 2.28 bits per heavy atom. The molecule has 1 saturated heterocycles. The average molecular weight is 258 g/mol. The van der Waals surface area contributed by atoms with Crippen molar-refractivity contribution in [1.82, 2.24) is 9.80 Å². The lowest BCUT2D eigenvalue weighted by molar-refractivity contribution is -0.145. The van der Waals surface area contributed by atoms with Gasteiger partial charge < -0.3 is 14.7 Å². The van der Waals surface area contributed by atoms with Gasteiger partial charge >= 0.3 is 5.97 Å². The Balaban J connectivity index is 2.30. The molecule has 18 heavy (non-hydrogen) atoms. The number of ether oxygens (including phenoxy) is 1. The number of aliphatic hydroxyl groups is 1. The number of carbonyl (C=O) groups excluding carboxylic acids is 1. The molecule has 0 saturated carbocycles. The van der Waals surface area contributed by atoms with Crippen LogP contribution in [0.4, 0.5) is 0 Å². The van der Waals surface area contributed by atoms with E-state index in [2.05, 4.69) is 23.9 Å². The molecule has 106 valence electrons. The molecule has 1 aliphatic heterocycles. The fourth-order valence-corrected chi connectivity index (χ4v) is 2.39. The van der Waals surface area contributed by atoms with E-state index in [0.717, 1.165) is 19.5 Å². The van der Waals surface area contributed by atoms with Gasteiger partial charge in [-0.1, -0.05) is 0 Å². The van der Waals surface area contributed by atoms with Gasteiger partial charge in [-0.3, -0.25) is 9.69 Å². The normalized spacial score (nSPS) is 23.1. The topological polar surface area (TPSA) is 53.0 Å². The summed E-state index contributed by atoms with van der Waals surface area (Å²) < 4.78 is 4.84. The fourth-order valence-electron chi connectivity index (χ4n) is 2.39. The number of hydrogen-bond acceptors (Lipinski definition) is 5. The lowest BCUT2D eigenvalue weighted by Crippen LogP contribution is -2.47. The van der Waals surface area contributed by atoms with E-state index in [1.54, 1.807) is 6.92 Å². The van der Waals surface area contributed by atoms with Gasteiger partial charge in [0.2, 0.25) is 0 Å². The van der Waals surface area contributed by atoms with Gasteiger partial charge in [-0.25, -0.2) is 0 Å². The monoisotopic (exact) mass is 258 g/mol. The standard InChI is InChI=1S/C13H26N2O3/c1-4-18-13(17)8-12(16)10-15-7-5-6-11(9-15)14(2)3/h11-12,16H,4-10H2,1-3H3. The number of nitrogens with zero attached hydrogens (tertiary/aromatic N) is 2. The maximum absolute atomic E-state index is 11.3. The van der Waals surface area contributed by atoms with E-state index >= 15 is 0 Å². The van der Waals surface area contributed by atoms with Gasteiger partial charge in [-0.05, 0) is 40.4 Å². The molecule has 2 unspecified atom stereocenters. The fraction of sp³-hybridized carbons (Fsp3) is 0.923. The Morgan fingerprint density at radius 1 is 1.56 bits per heavy atom. The first-order valence-corrected chi connectivity index (χ1v) is 6.75. The zero-order chi connectivity index (χ0) is 13.5. The molecule has 0 spiro atoms. The molecular formula is C13H26N2O3. The smallest absolute Gasteiger partial charge is 0.308 e. The molecule has 1 N–H and O–H groups in total. The van der Waals surface area contributed by atoms with E-state index in [0.29, 0.717) is 19.2 Å². The SMILES string of the molecule is CCOC(=O)CC(O)CN1CCCC(N(C)C)C1. The summed E-state index contributed by atoms with van der Waals surface area (Å²) in [7, 11) is 4.17. The van der Waals surface area contributed by atoms with Crippen LogP contribution in [0.5, 0.6) is 0 Å². The zero-order valence-corrected chi connectivity index (χ0v) is 11.8. The van der Waals surface area contributed by atoms with E-state index in [-0.39, 0.29) is 12.4 Å². The lowest BCUT2D eigenvalue weighted by Gasteiger charge is -2.36. The second-order valence-corrected chi connectivity index (χ2v) is 5.18. The van der Waals surface area contributed by atoms with E-state index in [4.69, 9.17) is 4.74 Å². The second-order valence-electron chi connectivity index (χ2n) is 5.18. The Kier molecular flexibility index (Phi) is 6.60. The number of likely N-dealkylation sites (tertiary alicyclic amines) is 1. The summed E-state index contributed by atoms with van der Waals surface area (Å²) >= 11 is 0. The number of rotatable bonds is 6. The predicted octanol–water partition coefficient (Wildman–Crippen LogP) is 0.327. The van der Waals surface area contributed by atoms with Crippen LogP contribution in [0.15, 0.2) is 0 Å². The van der Waals surface area contributed by atoms with Crippen LogP contribution in [-0.4, -0.2) is 73.4 Å². The highest BCUT2D eigenvalue weighted by molar-refractivity contribution is 5.69. The third-order valence-electron chi connectivity index (χ3n) is 3.39. The summed E-state index contributed by atoms with van der Waals surface area (Å²) in [5, 5.41) is 9.87. The highest BCUT2D eigenvalue weighted by atomic mass is 16.5. The zero-order valence-electron chi connectivity index (χ0n) is 11.8. The average Bonchev–Trinajstić information content (AvgIpc) is 2.29. The maximum Gasteiger partial charge on any atom is 0.308 e. The van der Waals surface area contributed by atoms with Crippen molar-refractivity contribution in [2.24, 2.45) is 0 Å². The van der Waals surface area contributed by atoms with Crippen molar-refractivity contribution in [3.63, 3.8) is 0 Å². The molecule has 0 radical (unpaired) electrons. The van der Waals surface area contributed by atoms with Crippen molar-refractivity contribution in [2.75, 3.05) is 40.3 Å². The van der Waals surface area contributed by atoms with Gasteiger partial charge in [-0.15, -0.1) is 0 Å². The molecule has 0 amide bonds. The molecule has 1 fully saturated rings. The highest BCUT2D eigenvalue weighted by Crippen LogP contribution is 2.14. The Hall–Kier alpha value is -0.650. The predicted molar refractivity (Wildman–Crippen MR) is 70.4 cm³/mol. The summed E-state index contributed by atoms with van der Waals surface area (Å²) in [6.45, 7) is 4.68. The molecule has 0 aliphatic carbocycles. The van der Waals surface area contributed by atoms with Crippen LogP contribution in [0.25, 0.3) is 0 Å². The Bertz CT molecular complexity index is 259. The number of piperidine rings is 1. The first-order valence-electron chi connectivity index (χ1n) is 6.75. The van der Waals surface area contributed by atoms with Crippen molar-refractivity contribution in [3.8, 4) is 0 Å². The number of aliphatic hydroxyl groups excluding tert-OH is 1. The number of esters is 1. The minimum atomic E-state index is -0.620. The number of β-amino-alcohol motifs (C(OH)–C–C–N with tert-alkyl or cyclic N) is 1. The molecule has 1 heterocycles. The van der Waals surface area contributed by atoms with Gasteiger partial charge in [0.1, 0.15) is 0 Å². The molecule has 1 rings (SSSR count). The number of carbonyl (C=O) groups is 1. The maximum atomic E-state index is 11.3. The minimum absolute atomic E-state index is 0.0942. The van der Waals surface area contributed by atoms with Gasteiger partial charge in [-0.2, -0.15) is 0 Å². The van der Waals surface area contributed by atoms with E-state index in [1.807, 2.05) is 0 Å². The molecule has 0 aromatic heterocycles. The first kappa shape index (κ1) is 15.4. The van der Waals surface area contributed by atoms with Crippen molar-refractivity contribution >= 4 is 5.97 Å². The van der Waals surface area contributed by atoms with E-state index in [9.17, 15) is 9.90 Å². The van der Waals surface area contributed by atoms with Crippen LogP contribution in [0.3, 0.4) is 0 Å². The van der Waals surface area contributed by atoms with Crippen LogP contribution in [0.2, 0.25) is 0 Å². The van der Waals surface area contributed by atoms with Crippen LogP contribution in [0, 0.1) is 0 Å². The number of hydrogen-bond donors (Lipinski definition) is 1. The molecule has 0 aromatic carbocycles. The molecule has 0 bridgehead atoms. The summed E-state index contributed by atoms with van der Waals surface area (Å²) in [5.41, 5.74) is 0. The van der Waals surface area contributed by atoms with Crippen LogP contribution in [-0.2, 0) is 9.53 Å². The molecular weight excluding hydrogens is 232 g/mol. The van der Waals surface area contributed by atoms with Gasteiger partial charge in [0.05, 0.1) is 19.1 Å². The lowest BCUT2D eigenvalue weighted by atomic mass is 10.0. The van der Waals surface area contributed by atoms with Crippen molar-refractivity contribution < 1.29 is 14.6 Å². The quantitative estimate of drug-likeness (QED) is 0.696. The van der Waals surface area contributed by atoms with E-state index < -0.39 is 6.10 Å². The highest BCUT2D eigenvalue weighted by Gasteiger charge is 2.23. The van der Waals surface area contributed by atoms with Crippen LogP contribution in [0.1, 0.15) is 26.2 Å². The molecule has 0 aromatic rings. The van der Waals surface area contributed by atoms with Crippen molar-refractivity contribution in [2.45, 2.75) is 38.3 Å². The second kappa shape index (κ2) is 7.71. The molecule has 2 atom stereocenters. The molecule has 5 nitrogen and oxygen atoms in total. The van der Waals surface area contributed by atoms with Crippen molar-refractivity contribution in [3.05, 3.63) is 0 Å².